The lowest BCUT2D eigenvalue weighted by molar-refractivity contribution is 0.0692. The van der Waals surface area contributed by atoms with E-state index in [0.717, 1.165) is 47.8 Å². The molecule has 0 saturated carbocycles. The van der Waals surface area contributed by atoms with Gasteiger partial charge in [-0.05, 0) is 61.6 Å². The molecule has 1 fully saturated rings. The first-order valence-electron chi connectivity index (χ1n) is 11.3. The van der Waals surface area contributed by atoms with E-state index in [1.807, 2.05) is 44.2 Å². The number of carbonyl (C=O) groups is 1. The predicted molar refractivity (Wildman–Crippen MR) is 137 cm³/mol. The maximum atomic E-state index is 11.9. The molecule has 1 unspecified atom stereocenters. The number of nitrogens with zero attached hydrogens (tertiary/aromatic N) is 3. The first kappa shape index (κ1) is 24.5. The van der Waals surface area contributed by atoms with Gasteiger partial charge in [0.25, 0.3) is 0 Å². The first-order chi connectivity index (χ1) is 16.3. The highest BCUT2D eigenvalue weighted by Gasteiger charge is 2.27. The van der Waals surface area contributed by atoms with E-state index in [1.54, 1.807) is 0 Å². The van der Waals surface area contributed by atoms with Gasteiger partial charge in [0, 0.05) is 22.2 Å². The molecule has 1 N–H and O–H groups in total. The zero-order valence-electron chi connectivity index (χ0n) is 19.2. The Hall–Kier alpha value is -2.64. The molecule has 34 heavy (non-hydrogen) atoms. The Morgan fingerprint density at radius 1 is 1.21 bits per heavy atom. The fourth-order valence-electron chi connectivity index (χ4n) is 4.39. The molecule has 0 radical (unpaired) electrons. The molecule has 0 aliphatic carbocycles. The van der Waals surface area contributed by atoms with Crippen LogP contribution in [-0.2, 0) is 6.61 Å². The average Bonchev–Trinajstić information content (AvgIpc) is 3.07. The summed E-state index contributed by atoms with van der Waals surface area (Å²) in [6.45, 7) is 4.64. The predicted octanol–water partition coefficient (Wildman–Crippen LogP) is 6.91. The SMILES string of the molecule is Cc1cc(OCc2nc(N3CCCCCC3c3ccccc3Br)ncc2C(=O)O)cc(C)c1Cl. The number of hydrogen-bond donors (Lipinski definition) is 1. The van der Waals surface area contributed by atoms with E-state index in [0.29, 0.717) is 22.4 Å². The van der Waals surface area contributed by atoms with Crippen LogP contribution < -0.4 is 9.64 Å². The van der Waals surface area contributed by atoms with Crippen molar-refractivity contribution >= 4 is 39.4 Å². The highest BCUT2D eigenvalue weighted by atomic mass is 79.9. The van der Waals surface area contributed by atoms with E-state index in [9.17, 15) is 9.90 Å². The monoisotopic (exact) mass is 543 g/mol. The van der Waals surface area contributed by atoms with E-state index < -0.39 is 5.97 Å². The van der Waals surface area contributed by atoms with E-state index in [4.69, 9.17) is 21.3 Å². The fourth-order valence-corrected chi connectivity index (χ4v) is 5.05. The van der Waals surface area contributed by atoms with Gasteiger partial charge in [-0.2, -0.15) is 0 Å². The summed E-state index contributed by atoms with van der Waals surface area (Å²) in [6.07, 6.45) is 5.64. The Balaban J connectivity index is 1.67. The van der Waals surface area contributed by atoms with Gasteiger partial charge in [-0.3, -0.25) is 0 Å². The second kappa shape index (κ2) is 10.7. The molecule has 1 aliphatic rings. The van der Waals surface area contributed by atoms with Crippen molar-refractivity contribution in [1.82, 2.24) is 9.97 Å². The summed E-state index contributed by atoms with van der Waals surface area (Å²) in [5, 5.41) is 10.4. The van der Waals surface area contributed by atoms with Gasteiger partial charge in [0.15, 0.2) is 0 Å². The Bertz CT molecular complexity index is 1180. The average molecular weight is 545 g/mol. The van der Waals surface area contributed by atoms with Crippen LogP contribution in [0, 0.1) is 13.8 Å². The van der Waals surface area contributed by atoms with Crippen LogP contribution >= 0.6 is 27.5 Å². The third-order valence-corrected chi connectivity index (χ3v) is 7.46. The van der Waals surface area contributed by atoms with Gasteiger partial charge in [0.1, 0.15) is 17.9 Å². The summed E-state index contributed by atoms with van der Waals surface area (Å²) >= 11 is 9.96. The van der Waals surface area contributed by atoms with Gasteiger partial charge in [0.2, 0.25) is 5.95 Å². The molecule has 3 aromatic rings. The minimum Gasteiger partial charge on any atom is -0.487 e. The molecular weight excluding hydrogens is 518 g/mol. The highest BCUT2D eigenvalue weighted by Crippen LogP contribution is 2.36. The van der Waals surface area contributed by atoms with E-state index in [2.05, 4.69) is 31.9 Å². The number of aromatic carboxylic acids is 1. The molecule has 4 rings (SSSR count). The molecule has 1 aliphatic heterocycles. The molecule has 8 heteroatoms. The van der Waals surface area contributed by atoms with Gasteiger partial charge in [-0.1, -0.05) is 58.6 Å². The number of anilines is 1. The summed E-state index contributed by atoms with van der Waals surface area (Å²) in [6, 6.07) is 12.0. The lowest BCUT2D eigenvalue weighted by Crippen LogP contribution is -2.31. The van der Waals surface area contributed by atoms with Crippen molar-refractivity contribution in [2.45, 2.75) is 52.2 Å². The molecule has 1 atom stereocenters. The summed E-state index contributed by atoms with van der Waals surface area (Å²) in [4.78, 5) is 23.3. The summed E-state index contributed by atoms with van der Waals surface area (Å²) in [7, 11) is 0. The van der Waals surface area contributed by atoms with Crippen LogP contribution in [0.15, 0.2) is 47.1 Å². The number of carboxylic acid groups (broad SMARTS) is 1. The van der Waals surface area contributed by atoms with Gasteiger partial charge in [-0.15, -0.1) is 0 Å². The Morgan fingerprint density at radius 3 is 2.65 bits per heavy atom. The minimum absolute atomic E-state index is 0.0191. The molecule has 2 heterocycles. The summed E-state index contributed by atoms with van der Waals surface area (Å²) in [5.74, 6) is 0.0679. The lowest BCUT2D eigenvalue weighted by atomic mass is 10.0. The van der Waals surface area contributed by atoms with Crippen molar-refractivity contribution in [3.05, 3.63) is 80.0 Å². The molecule has 0 spiro atoms. The zero-order valence-corrected chi connectivity index (χ0v) is 21.6. The van der Waals surface area contributed by atoms with Crippen LogP contribution in [0.5, 0.6) is 5.75 Å². The number of rotatable bonds is 6. The fraction of sp³-hybridized carbons (Fsp3) is 0.346. The molecule has 0 bridgehead atoms. The zero-order chi connectivity index (χ0) is 24.2. The number of hydrogen-bond acceptors (Lipinski definition) is 5. The van der Waals surface area contributed by atoms with Gasteiger partial charge < -0.3 is 14.7 Å². The Morgan fingerprint density at radius 2 is 1.94 bits per heavy atom. The molecule has 2 aromatic carbocycles. The quantitative estimate of drug-likeness (QED) is 0.363. The molecule has 1 aromatic heterocycles. The van der Waals surface area contributed by atoms with Crippen molar-refractivity contribution in [3.8, 4) is 5.75 Å². The molecular formula is C26H27BrClN3O3. The molecule has 178 valence electrons. The van der Waals surface area contributed by atoms with E-state index in [1.165, 1.54) is 11.8 Å². The van der Waals surface area contributed by atoms with Crippen LogP contribution in [0.3, 0.4) is 0 Å². The number of ether oxygens (including phenoxy) is 1. The topological polar surface area (TPSA) is 75.5 Å². The van der Waals surface area contributed by atoms with Crippen LogP contribution in [-0.4, -0.2) is 27.6 Å². The summed E-state index contributed by atoms with van der Waals surface area (Å²) < 4.78 is 7.01. The van der Waals surface area contributed by atoms with Gasteiger partial charge in [0.05, 0.1) is 11.7 Å². The standard InChI is InChI=1S/C26H27BrClN3O3/c1-16-12-18(13-17(2)24(16)28)34-15-22-20(25(32)33)14-29-26(30-22)31-11-7-3-4-10-23(31)19-8-5-6-9-21(19)27/h5-6,8-9,12-14,23H,3-4,7,10-11,15H2,1-2H3,(H,32,33). The third kappa shape index (κ3) is 5.36. The van der Waals surface area contributed by atoms with Crippen LogP contribution in [0.1, 0.15) is 64.5 Å². The van der Waals surface area contributed by atoms with E-state index >= 15 is 0 Å². The van der Waals surface area contributed by atoms with Crippen molar-refractivity contribution in [2.75, 3.05) is 11.4 Å². The van der Waals surface area contributed by atoms with Crippen molar-refractivity contribution in [2.24, 2.45) is 0 Å². The number of carboxylic acids is 1. The smallest absolute Gasteiger partial charge is 0.339 e. The number of halogens is 2. The second-order valence-electron chi connectivity index (χ2n) is 8.58. The van der Waals surface area contributed by atoms with Crippen molar-refractivity contribution < 1.29 is 14.6 Å². The minimum atomic E-state index is -1.08. The van der Waals surface area contributed by atoms with Gasteiger partial charge >= 0.3 is 5.97 Å². The largest absolute Gasteiger partial charge is 0.487 e. The van der Waals surface area contributed by atoms with Crippen LogP contribution in [0.2, 0.25) is 5.02 Å². The van der Waals surface area contributed by atoms with E-state index in [-0.39, 0.29) is 18.2 Å². The third-order valence-electron chi connectivity index (χ3n) is 6.14. The lowest BCUT2D eigenvalue weighted by Gasteiger charge is -2.31. The molecule has 6 nitrogen and oxygen atoms in total. The van der Waals surface area contributed by atoms with Crippen LogP contribution in [0.4, 0.5) is 5.95 Å². The first-order valence-corrected chi connectivity index (χ1v) is 12.5. The van der Waals surface area contributed by atoms with Crippen molar-refractivity contribution in [1.29, 1.82) is 0 Å². The summed E-state index contributed by atoms with van der Waals surface area (Å²) in [5.41, 5.74) is 3.37. The molecule has 0 amide bonds. The number of aryl methyl sites for hydroxylation is 2. The normalized spacial score (nSPS) is 16.2. The second-order valence-corrected chi connectivity index (χ2v) is 9.81. The molecule has 1 saturated heterocycles. The maximum absolute atomic E-state index is 11.9. The Kier molecular flexibility index (Phi) is 7.73. The highest BCUT2D eigenvalue weighted by molar-refractivity contribution is 9.10. The van der Waals surface area contributed by atoms with Gasteiger partial charge in [-0.25, -0.2) is 14.8 Å². The number of benzene rings is 2. The van der Waals surface area contributed by atoms with Crippen LogP contribution in [0.25, 0.3) is 0 Å². The van der Waals surface area contributed by atoms with Crippen molar-refractivity contribution in [3.63, 3.8) is 0 Å². The maximum Gasteiger partial charge on any atom is 0.339 e. The Labute approximate surface area is 213 Å². The number of aromatic nitrogens is 2.